The van der Waals surface area contributed by atoms with Gasteiger partial charge in [-0.05, 0) is 23.3 Å². The molecule has 5 heteroatoms. The number of hydrogen-bond acceptors (Lipinski definition) is 5. The van der Waals surface area contributed by atoms with Crippen LogP contribution in [0.3, 0.4) is 0 Å². The highest BCUT2D eigenvalue weighted by molar-refractivity contribution is 5.94. The number of ether oxygens (including phenoxy) is 1. The Morgan fingerprint density at radius 3 is 2.42 bits per heavy atom. The zero-order valence-electron chi connectivity index (χ0n) is 13.7. The number of benzene rings is 2. The molecular formula is C19H22N2O3. The van der Waals surface area contributed by atoms with Gasteiger partial charge in [-0.1, -0.05) is 47.6 Å². The molecule has 0 radical (unpaired) electrons. The van der Waals surface area contributed by atoms with Gasteiger partial charge in [0.1, 0.15) is 5.75 Å². The van der Waals surface area contributed by atoms with Gasteiger partial charge in [-0.2, -0.15) is 0 Å². The third kappa shape index (κ3) is 3.27. The molecule has 1 fully saturated rings. The molecule has 2 aromatic rings. The van der Waals surface area contributed by atoms with E-state index in [0.29, 0.717) is 12.3 Å². The number of methoxy groups -OCH3 is 1. The van der Waals surface area contributed by atoms with Crippen molar-refractivity contribution in [3.05, 3.63) is 65.7 Å². The normalized spacial score (nSPS) is 22.8. The summed E-state index contributed by atoms with van der Waals surface area (Å²) in [6, 6.07) is 17.8. The van der Waals surface area contributed by atoms with Crippen LogP contribution in [0.4, 0.5) is 0 Å². The lowest BCUT2D eigenvalue weighted by Crippen LogP contribution is -2.25. The summed E-state index contributed by atoms with van der Waals surface area (Å²) in [6.45, 7) is 1.35. The summed E-state index contributed by atoms with van der Waals surface area (Å²) in [5.41, 5.74) is 2.82. The molecule has 1 aliphatic heterocycles. The number of nitrogens with zero attached hydrogens (tertiary/aromatic N) is 2. The van der Waals surface area contributed by atoms with Crippen molar-refractivity contribution < 1.29 is 15.1 Å². The fraction of sp³-hybridized carbons (Fsp3) is 0.316. The van der Waals surface area contributed by atoms with Crippen molar-refractivity contribution in [3.8, 4) is 5.75 Å². The van der Waals surface area contributed by atoms with E-state index in [2.05, 4.69) is 22.2 Å². The first-order valence-electron chi connectivity index (χ1n) is 8.01. The summed E-state index contributed by atoms with van der Waals surface area (Å²) in [7, 11) is 1.63. The van der Waals surface area contributed by atoms with Crippen LogP contribution in [0.2, 0.25) is 0 Å². The van der Waals surface area contributed by atoms with Gasteiger partial charge in [-0.25, -0.2) is 0 Å². The van der Waals surface area contributed by atoms with E-state index in [0.717, 1.165) is 17.9 Å². The van der Waals surface area contributed by atoms with Crippen LogP contribution < -0.4 is 4.74 Å². The molecule has 126 valence electrons. The molecule has 1 heterocycles. The monoisotopic (exact) mass is 326 g/mol. The molecule has 0 aliphatic carbocycles. The second kappa shape index (κ2) is 7.47. The summed E-state index contributed by atoms with van der Waals surface area (Å²) in [4.78, 5) is 2.23. The largest absolute Gasteiger partial charge is 0.497 e. The minimum atomic E-state index is -0.161. The predicted octanol–water partition coefficient (Wildman–Crippen LogP) is 2.69. The third-order valence-corrected chi connectivity index (χ3v) is 4.51. The van der Waals surface area contributed by atoms with Gasteiger partial charge in [-0.3, -0.25) is 4.90 Å². The Morgan fingerprint density at radius 1 is 1.12 bits per heavy atom. The van der Waals surface area contributed by atoms with Gasteiger partial charge in [0.15, 0.2) is 0 Å². The highest BCUT2D eigenvalue weighted by atomic mass is 16.5. The van der Waals surface area contributed by atoms with Crippen molar-refractivity contribution in [1.82, 2.24) is 4.90 Å². The van der Waals surface area contributed by atoms with E-state index in [9.17, 15) is 10.3 Å². The maximum absolute atomic E-state index is 9.66. The average molecular weight is 326 g/mol. The van der Waals surface area contributed by atoms with Gasteiger partial charge in [0.2, 0.25) is 0 Å². The quantitative estimate of drug-likeness (QED) is 0.655. The Kier molecular flexibility index (Phi) is 5.13. The molecule has 0 unspecified atom stereocenters. The first-order valence-corrected chi connectivity index (χ1v) is 8.01. The number of aliphatic hydroxyl groups excluding tert-OH is 1. The van der Waals surface area contributed by atoms with Gasteiger partial charge in [0.05, 0.1) is 25.5 Å². The van der Waals surface area contributed by atoms with Crippen LogP contribution in [0.1, 0.15) is 17.2 Å². The van der Waals surface area contributed by atoms with Gasteiger partial charge in [-0.15, -0.1) is 0 Å². The first kappa shape index (κ1) is 16.5. The topological polar surface area (TPSA) is 65.3 Å². The summed E-state index contributed by atoms with van der Waals surface area (Å²) in [5, 5.41) is 22.7. The van der Waals surface area contributed by atoms with Gasteiger partial charge >= 0.3 is 0 Å². The summed E-state index contributed by atoms with van der Waals surface area (Å²) in [6.07, 6.45) is 0. The minimum Gasteiger partial charge on any atom is -0.497 e. The smallest absolute Gasteiger partial charge is 0.118 e. The van der Waals surface area contributed by atoms with Crippen LogP contribution in [-0.2, 0) is 6.54 Å². The van der Waals surface area contributed by atoms with Crippen LogP contribution in [0.15, 0.2) is 59.8 Å². The van der Waals surface area contributed by atoms with Crippen LogP contribution in [0.5, 0.6) is 5.75 Å². The molecule has 0 spiro atoms. The molecule has 3 rings (SSSR count). The van der Waals surface area contributed by atoms with E-state index in [1.54, 1.807) is 7.11 Å². The lowest BCUT2D eigenvalue weighted by molar-refractivity contribution is 0.214. The third-order valence-electron chi connectivity index (χ3n) is 4.51. The molecule has 1 saturated heterocycles. The minimum absolute atomic E-state index is 0.0304. The molecule has 1 aliphatic rings. The Hall–Kier alpha value is -2.37. The fourth-order valence-corrected chi connectivity index (χ4v) is 3.32. The number of rotatable bonds is 5. The Balaban J connectivity index is 1.92. The summed E-state index contributed by atoms with van der Waals surface area (Å²) in [5.74, 6) is 0.623. The van der Waals surface area contributed by atoms with E-state index < -0.39 is 0 Å². The summed E-state index contributed by atoms with van der Waals surface area (Å²) < 4.78 is 5.22. The van der Waals surface area contributed by atoms with Crippen LogP contribution in [-0.4, -0.2) is 41.2 Å². The van der Waals surface area contributed by atoms with Crippen LogP contribution >= 0.6 is 0 Å². The zero-order chi connectivity index (χ0) is 16.9. The van der Waals surface area contributed by atoms with Gasteiger partial charge in [0.25, 0.3) is 0 Å². The SMILES string of the molecule is COc1ccc([C@H]2/C(=N\O)[C@H](CO)CN2Cc2ccccc2)cc1. The number of oxime groups is 1. The van der Waals surface area contributed by atoms with E-state index in [-0.39, 0.29) is 18.6 Å². The molecule has 0 bridgehead atoms. The average Bonchev–Trinajstić information content (AvgIpc) is 3.00. The fourth-order valence-electron chi connectivity index (χ4n) is 3.32. The maximum atomic E-state index is 9.66. The molecule has 5 nitrogen and oxygen atoms in total. The molecule has 2 N–H and O–H groups in total. The number of likely N-dealkylation sites (tertiary alicyclic amines) is 1. The van der Waals surface area contributed by atoms with Crippen LogP contribution in [0.25, 0.3) is 0 Å². The molecule has 0 saturated carbocycles. The lowest BCUT2D eigenvalue weighted by atomic mass is 9.97. The maximum Gasteiger partial charge on any atom is 0.118 e. The van der Waals surface area contributed by atoms with E-state index in [4.69, 9.17) is 4.74 Å². The highest BCUT2D eigenvalue weighted by Gasteiger charge is 2.39. The number of aliphatic hydroxyl groups is 1. The molecule has 2 aromatic carbocycles. The van der Waals surface area contributed by atoms with Crippen molar-refractivity contribution in [2.24, 2.45) is 11.1 Å². The Labute approximate surface area is 141 Å². The van der Waals surface area contributed by atoms with Crippen molar-refractivity contribution in [1.29, 1.82) is 0 Å². The Bertz CT molecular complexity index is 686. The highest BCUT2D eigenvalue weighted by Crippen LogP contribution is 2.35. The second-order valence-corrected chi connectivity index (χ2v) is 6.00. The molecule has 0 amide bonds. The molecular weight excluding hydrogens is 304 g/mol. The van der Waals surface area contributed by atoms with E-state index >= 15 is 0 Å². The van der Waals surface area contributed by atoms with Gasteiger partial charge in [0, 0.05) is 19.0 Å². The van der Waals surface area contributed by atoms with Crippen LogP contribution in [0, 0.1) is 5.92 Å². The molecule has 24 heavy (non-hydrogen) atoms. The second-order valence-electron chi connectivity index (χ2n) is 6.00. The van der Waals surface area contributed by atoms with Crippen molar-refractivity contribution in [2.75, 3.05) is 20.3 Å². The van der Waals surface area contributed by atoms with Crippen molar-refractivity contribution in [2.45, 2.75) is 12.6 Å². The molecule has 0 aromatic heterocycles. The van der Waals surface area contributed by atoms with Crippen molar-refractivity contribution >= 4 is 5.71 Å². The zero-order valence-corrected chi connectivity index (χ0v) is 13.7. The Morgan fingerprint density at radius 2 is 1.83 bits per heavy atom. The first-order chi connectivity index (χ1) is 11.8. The predicted molar refractivity (Wildman–Crippen MR) is 92.4 cm³/mol. The standard InChI is InChI=1S/C19H22N2O3/c1-24-17-9-7-15(8-10-17)19-18(20-23)16(13-22)12-21(19)11-14-5-3-2-4-6-14/h2-10,16,19,22-23H,11-13H2,1H3/b20-18-/t16-,19-/m0/s1. The summed E-state index contributed by atoms with van der Waals surface area (Å²) >= 11 is 0. The number of hydrogen-bond donors (Lipinski definition) is 2. The molecule has 2 atom stereocenters. The lowest BCUT2D eigenvalue weighted by Gasteiger charge is -2.24. The van der Waals surface area contributed by atoms with Gasteiger partial charge < -0.3 is 15.1 Å². The van der Waals surface area contributed by atoms with E-state index in [1.165, 1.54) is 5.56 Å². The van der Waals surface area contributed by atoms with E-state index in [1.807, 2.05) is 42.5 Å². The van der Waals surface area contributed by atoms with Crippen molar-refractivity contribution in [3.63, 3.8) is 0 Å².